The van der Waals surface area contributed by atoms with E-state index in [0.717, 1.165) is 38.1 Å². The highest BCUT2D eigenvalue weighted by atomic mass is 35.5. The molecular formula is C21H23ClF3N3O3S. The van der Waals surface area contributed by atoms with Crippen molar-refractivity contribution in [3.63, 3.8) is 0 Å². The van der Waals surface area contributed by atoms with E-state index in [-0.39, 0.29) is 15.8 Å². The van der Waals surface area contributed by atoms with Crippen LogP contribution in [-0.4, -0.2) is 40.5 Å². The van der Waals surface area contributed by atoms with Crippen LogP contribution in [0.25, 0.3) is 0 Å². The van der Waals surface area contributed by atoms with Gasteiger partial charge < -0.3 is 10.6 Å². The summed E-state index contributed by atoms with van der Waals surface area (Å²) in [5, 5.41) is 5.69. The second kappa shape index (κ2) is 10.1. The highest BCUT2D eigenvalue weighted by Gasteiger charge is 2.34. The normalized spacial score (nSPS) is 15.4. The van der Waals surface area contributed by atoms with Crippen LogP contribution in [-0.2, 0) is 21.0 Å². The molecule has 2 aromatic carbocycles. The van der Waals surface area contributed by atoms with Crippen LogP contribution in [0.15, 0.2) is 53.4 Å². The fourth-order valence-corrected chi connectivity index (χ4v) is 5.15. The monoisotopic (exact) mass is 489 g/mol. The number of anilines is 1. The van der Waals surface area contributed by atoms with Crippen molar-refractivity contribution in [2.24, 2.45) is 5.92 Å². The molecule has 2 N–H and O–H groups in total. The maximum Gasteiger partial charge on any atom is 0.416 e. The molecule has 2 aromatic rings. The molecule has 1 saturated heterocycles. The first-order valence-corrected chi connectivity index (χ1v) is 11.8. The Labute approximate surface area is 189 Å². The summed E-state index contributed by atoms with van der Waals surface area (Å²) in [4.78, 5) is 12.5. The smallest absolute Gasteiger partial charge is 0.354 e. The van der Waals surface area contributed by atoms with Crippen molar-refractivity contribution in [3.05, 3.63) is 59.1 Å². The predicted octanol–water partition coefficient (Wildman–Crippen LogP) is 3.67. The number of alkyl halides is 3. The number of nitrogens with zero attached hydrogens (tertiary/aromatic N) is 1. The Balaban J connectivity index is 1.93. The van der Waals surface area contributed by atoms with Gasteiger partial charge in [-0.05, 0) is 62.2 Å². The summed E-state index contributed by atoms with van der Waals surface area (Å²) < 4.78 is 67.0. The lowest BCUT2D eigenvalue weighted by Crippen LogP contribution is -2.43. The number of benzene rings is 2. The molecule has 0 aliphatic carbocycles. The van der Waals surface area contributed by atoms with Crippen LogP contribution >= 0.6 is 11.6 Å². The van der Waals surface area contributed by atoms with E-state index in [0.29, 0.717) is 16.9 Å². The van der Waals surface area contributed by atoms with Crippen LogP contribution in [0.1, 0.15) is 18.4 Å². The van der Waals surface area contributed by atoms with E-state index in [2.05, 4.69) is 10.6 Å². The van der Waals surface area contributed by atoms with Crippen LogP contribution in [0.5, 0.6) is 0 Å². The van der Waals surface area contributed by atoms with Gasteiger partial charge in [-0.1, -0.05) is 29.8 Å². The van der Waals surface area contributed by atoms with Gasteiger partial charge in [0, 0.05) is 6.54 Å². The molecule has 0 radical (unpaired) electrons. The summed E-state index contributed by atoms with van der Waals surface area (Å²) in [7, 11) is -4.37. The quantitative estimate of drug-likeness (QED) is 0.622. The summed E-state index contributed by atoms with van der Waals surface area (Å²) in [5.41, 5.74) is -1.48. The molecular weight excluding hydrogens is 467 g/mol. The van der Waals surface area contributed by atoms with Crippen LogP contribution in [0, 0.1) is 5.92 Å². The van der Waals surface area contributed by atoms with Gasteiger partial charge in [0.1, 0.15) is 6.54 Å². The Hall–Kier alpha value is -2.30. The van der Waals surface area contributed by atoms with Gasteiger partial charge in [-0.15, -0.1) is 0 Å². The fraction of sp³-hybridized carbons (Fsp3) is 0.381. The lowest BCUT2D eigenvalue weighted by Gasteiger charge is -2.27. The Morgan fingerprint density at radius 1 is 1.12 bits per heavy atom. The summed E-state index contributed by atoms with van der Waals surface area (Å²) >= 11 is 6.10. The average molecular weight is 490 g/mol. The van der Waals surface area contributed by atoms with E-state index in [1.54, 1.807) is 6.07 Å². The SMILES string of the molecule is O=C(CN(c1cc(C(F)(F)F)ccc1Cl)S(=O)(=O)c1ccccc1)NCC1CCNCC1. The Morgan fingerprint density at radius 3 is 2.41 bits per heavy atom. The molecule has 1 heterocycles. The average Bonchev–Trinajstić information content (AvgIpc) is 2.77. The molecule has 0 saturated carbocycles. The van der Waals surface area contributed by atoms with Gasteiger partial charge in [0.2, 0.25) is 5.91 Å². The Bertz CT molecular complexity index is 1040. The Kier molecular flexibility index (Phi) is 7.68. The highest BCUT2D eigenvalue weighted by molar-refractivity contribution is 7.92. The second-order valence-electron chi connectivity index (χ2n) is 7.49. The highest BCUT2D eigenvalue weighted by Crippen LogP contribution is 2.37. The standard InChI is InChI=1S/C21H23ClF3N3O3S/c22-18-7-6-16(21(23,24)25)12-19(18)28(32(30,31)17-4-2-1-3-5-17)14-20(29)27-13-15-8-10-26-11-9-15/h1-7,12,15,26H,8-11,13-14H2,(H,27,29). The number of hydrogen-bond donors (Lipinski definition) is 2. The van der Waals surface area contributed by atoms with E-state index in [9.17, 15) is 26.4 Å². The van der Waals surface area contributed by atoms with Gasteiger partial charge in [-0.25, -0.2) is 8.42 Å². The molecule has 1 aliphatic rings. The van der Waals surface area contributed by atoms with E-state index in [1.807, 2.05) is 0 Å². The molecule has 174 valence electrons. The van der Waals surface area contributed by atoms with E-state index < -0.39 is 39.9 Å². The first-order chi connectivity index (χ1) is 15.1. The van der Waals surface area contributed by atoms with Crippen LogP contribution in [0.4, 0.5) is 18.9 Å². The molecule has 0 aromatic heterocycles. The van der Waals surface area contributed by atoms with Crippen molar-refractivity contribution in [2.45, 2.75) is 23.9 Å². The van der Waals surface area contributed by atoms with Gasteiger partial charge in [0.05, 0.1) is 21.2 Å². The van der Waals surface area contributed by atoms with Crippen LogP contribution < -0.4 is 14.9 Å². The molecule has 32 heavy (non-hydrogen) atoms. The maximum atomic E-state index is 13.3. The third kappa shape index (κ3) is 5.93. The molecule has 1 aliphatic heterocycles. The lowest BCUT2D eigenvalue weighted by atomic mass is 9.98. The second-order valence-corrected chi connectivity index (χ2v) is 9.76. The third-order valence-electron chi connectivity index (χ3n) is 5.21. The van der Waals surface area contributed by atoms with Gasteiger partial charge in [0.15, 0.2) is 0 Å². The molecule has 6 nitrogen and oxygen atoms in total. The minimum atomic E-state index is -4.71. The molecule has 0 atom stereocenters. The van der Waals surface area contributed by atoms with E-state index in [1.165, 1.54) is 24.3 Å². The number of hydrogen-bond acceptors (Lipinski definition) is 4. The minimum absolute atomic E-state index is 0.167. The summed E-state index contributed by atoms with van der Waals surface area (Å²) in [6.45, 7) is 1.31. The largest absolute Gasteiger partial charge is 0.416 e. The number of piperidine rings is 1. The molecule has 0 spiro atoms. The van der Waals surface area contributed by atoms with Crippen molar-refractivity contribution >= 4 is 33.2 Å². The molecule has 1 amide bonds. The number of carbonyl (C=O) groups excluding carboxylic acids is 1. The van der Waals surface area contributed by atoms with Gasteiger partial charge in [-0.2, -0.15) is 13.2 Å². The molecule has 11 heteroatoms. The number of nitrogens with one attached hydrogen (secondary N) is 2. The topological polar surface area (TPSA) is 78.5 Å². The van der Waals surface area contributed by atoms with Gasteiger partial charge in [0.25, 0.3) is 10.0 Å². The first kappa shape index (κ1) is 24.3. The first-order valence-electron chi connectivity index (χ1n) is 10.0. The molecule has 0 bridgehead atoms. The molecule has 1 fully saturated rings. The molecule has 0 unspecified atom stereocenters. The number of sulfonamides is 1. The van der Waals surface area contributed by atoms with Crippen molar-refractivity contribution in [3.8, 4) is 0 Å². The van der Waals surface area contributed by atoms with Crippen molar-refractivity contribution in [1.82, 2.24) is 10.6 Å². The fourth-order valence-electron chi connectivity index (χ4n) is 3.43. The number of halogens is 4. The minimum Gasteiger partial charge on any atom is -0.354 e. The Morgan fingerprint density at radius 2 is 1.78 bits per heavy atom. The zero-order valence-corrected chi connectivity index (χ0v) is 18.6. The van der Waals surface area contributed by atoms with Crippen LogP contribution in [0.3, 0.4) is 0 Å². The van der Waals surface area contributed by atoms with Crippen molar-refractivity contribution in [1.29, 1.82) is 0 Å². The van der Waals surface area contributed by atoms with Gasteiger partial charge in [-0.3, -0.25) is 9.10 Å². The summed E-state index contributed by atoms with van der Waals surface area (Å²) in [5.74, 6) is -0.381. The van der Waals surface area contributed by atoms with E-state index >= 15 is 0 Å². The number of carbonyl (C=O) groups is 1. The van der Waals surface area contributed by atoms with E-state index in [4.69, 9.17) is 11.6 Å². The molecule has 3 rings (SSSR count). The zero-order chi connectivity index (χ0) is 23.4. The number of amides is 1. The lowest BCUT2D eigenvalue weighted by molar-refractivity contribution is -0.137. The number of rotatable bonds is 7. The van der Waals surface area contributed by atoms with Crippen molar-refractivity contribution < 1.29 is 26.4 Å². The van der Waals surface area contributed by atoms with Gasteiger partial charge >= 0.3 is 6.18 Å². The third-order valence-corrected chi connectivity index (χ3v) is 7.30. The summed E-state index contributed by atoms with van der Waals surface area (Å²) in [6.07, 6.45) is -2.98. The zero-order valence-electron chi connectivity index (χ0n) is 17.0. The maximum absolute atomic E-state index is 13.3. The van der Waals surface area contributed by atoms with Crippen molar-refractivity contribution in [2.75, 3.05) is 30.5 Å². The van der Waals surface area contributed by atoms with Crippen LogP contribution in [0.2, 0.25) is 5.02 Å². The summed E-state index contributed by atoms with van der Waals surface area (Å²) in [6, 6.07) is 9.55. The predicted molar refractivity (Wildman–Crippen MR) is 116 cm³/mol.